The summed E-state index contributed by atoms with van der Waals surface area (Å²) >= 11 is 7.45. The van der Waals surface area contributed by atoms with E-state index in [4.69, 9.17) is 17.0 Å². The highest BCUT2D eigenvalue weighted by molar-refractivity contribution is 7.80. The largest absolute Gasteiger partial charge is 0.497 e. The number of hydrogen-bond donors (Lipinski definition) is 1. The summed E-state index contributed by atoms with van der Waals surface area (Å²) < 4.78 is 5.17. The number of carbonyl (C=O) groups excluding carboxylic acids is 2. The minimum atomic E-state index is -0.660. The van der Waals surface area contributed by atoms with Crippen LogP contribution in [-0.4, -0.2) is 41.5 Å². The predicted molar refractivity (Wildman–Crippen MR) is 141 cm³/mol. The summed E-state index contributed by atoms with van der Waals surface area (Å²) in [6.45, 7) is 4.64. The average molecular weight is 494 g/mol. The molecule has 6 nitrogen and oxygen atoms in total. The molecule has 34 heavy (non-hydrogen) atoms. The lowest BCUT2D eigenvalue weighted by Crippen LogP contribution is -2.39. The Labute approximate surface area is 209 Å². The van der Waals surface area contributed by atoms with Crippen LogP contribution in [0, 0.1) is 13.8 Å². The summed E-state index contributed by atoms with van der Waals surface area (Å²) in [4.78, 5) is 31.1. The van der Waals surface area contributed by atoms with Gasteiger partial charge in [0.15, 0.2) is 5.11 Å². The van der Waals surface area contributed by atoms with Gasteiger partial charge >= 0.3 is 0 Å². The summed E-state index contributed by atoms with van der Waals surface area (Å²) in [5.74, 6) is 0.286. The third-order valence-corrected chi connectivity index (χ3v) is 7.41. The number of methoxy groups -OCH3 is 1. The lowest BCUT2D eigenvalue weighted by molar-refractivity contribution is -0.124. The number of rotatable bonds is 8. The Morgan fingerprint density at radius 1 is 1.09 bits per heavy atom. The number of thiocarbonyl (C=S) groups is 1. The normalized spacial score (nSPS) is 15.7. The fourth-order valence-corrected chi connectivity index (χ4v) is 5.28. The van der Waals surface area contributed by atoms with Crippen LogP contribution >= 0.6 is 23.6 Å². The van der Waals surface area contributed by atoms with Crippen molar-refractivity contribution in [3.05, 3.63) is 76.0 Å². The Balaban J connectivity index is 1.54. The van der Waals surface area contributed by atoms with E-state index >= 15 is 0 Å². The molecule has 3 aromatic rings. The Kier molecular flexibility index (Phi) is 7.29. The Bertz CT molecular complexity index is 1190. The first-order valence-electron chi connectivity index (χ1n) is 11.1. The van der Waals surface area contributed by atoms with Crippen LogP contribution in [0.15, 0.2) is 60.0 Å². The maximum atomic E-state index is 13.5. The smallest absolute Gasteiger partial charge is 0.256 e. The molecule has 1 aliphatic rings. The molecule has 0 spiro atoms. The molecule has 1 saturated heterocycles. The highest BCUT2D eigenvalue weighted by Gasteiger charge is 2.43. The lowest BCUT2D eigenvalue weighted by atomic mass is 10.1. The second-order valence-electron chi connectivity index (χ2n) is 8.26. The molecule has 4 rings (SSSR count). The van der Waals surface area contributed by atoms with Crippen molar-refractivity contribution in [3.63, 3.8) is 0 Å². The van der Waals surface area contributed by atoms with Crippen molar-refractivity contribution in [2.75, 3.05) is 23.9 Å². The van der Waals surface area contributed by atoms with Gasteiger partial charge in [0.2, 0.25) is 5.91 Å². The maximum absolute atomic E-state index is 13.5. The van der Waals surface area contributed by atoms with Crippen LogP contribution in [-0.2, 0) is 16.0 Å². The number of benzene rings is 2. The molecule has 0 saturated carbocycles. The van der Waals surface area contributed by atoms with E-state index in [-0.39, 0.29) is 18.2 Å². The van der Waals surface area contributed by atoms with E-state index in [1.54, 1.807) is 47.6 Å². The molecule has 0 bridgehead atoms. The number of aryl methyl sites for hydroxylation is 2. The second kappa shape index (κ2) is 10.4. The summed E-state index contributed by atoms with van der Waals surface area (Å²) in [6.07, 6.45) is 0.770. The molecule has 1 aromatic heterocycles. The monoisotopic (exact) mass is 493 g/mol. The molecule has 2 aromatic carbocycles. The number of amides is 2. The van der Waals surface area contributed by atoms with Crippen LogP contribution in [0.2, 0.25) is 0 Å². The van der Waals surface area contributed by atoms with Gasteiger partial charge in [0.1, 0.15) is 11.8 Å². The molecule has 1 fully saturated rings. The van der Waals surface area contributed by atoms with Gasteiger partial charge in [-0.2, -0.15) is 0 Å². The lowest BCUT2D eigenvalue weighted by Gasteiger charge is -2.24. The van der Waals surface area contributed by atoms with E-state index in [0.717, 1.165) is 17.7 Å². The fourth-order valence-electron chi connectivity index (χ4n) is 3.96. The number of thiophene rings is 1. The fraction of sp³-hybridized carbons (Fsp3) is 0.269. The Hall–Kier alpha value is -3.23. The summed E-state index contributed by atoms with van der Waals surface area (Å²) in [7, 11) is 1.59. The predicted octanol–water partition coefficient (Wildman–Crippen LogP) is 4.95. The highest BCUT2D eigenvalue weighted by atomic mass is 32.1. The zero-order valence-electron chi connectivity index (χ0n) is 19.4. The van der Waals surface area contributed by atoms with Gasteiger partial charge in [0.05, 0.1) is 19.2 Å². The first-order valence-corrected chi connectivity index (χ1v) is 12.3. The van der Waals surface area contributed by atoms with Gasteiger partial charge in [0.25, 0.3) is 5.91 Å². The van der Waals surface area contributed by atoms with Crippen molar-refractivity contribution in [3.8, 4) is 5.75 Å². The molecule has 1 unspecified atom stereocenters. The van der Waals surface area contributed by atoms with E-state index in [1.165, 1.54) is 10.4 Å². The number of nitrogens with zero attached hydrogens (tertiary/aromatic N) is 2. The standard InChI is InChI=1S/C26H27N3O3S2/c1-17-4-8-20(9-5-17)29-25(31)22(16-24(30)27-19-6-10-21(32-3)11-7-19)28(26(29)33)14-12-23-18(2)13-15-34-23/h4-11,13,15,22H,12,14,16H2,1-3H3,(H,27,30). The van der Waals surface area contributed by atoms with Gasteiger partial charge in [0, 0.05) is 17.1 Å². The number of hydrogen-bond acceptors (Lipinski definition) is 5. The van der Waals surface area contributed by atoms with Gasteiger partial charge < -0.3 is 15.0 Å². The van der Waals surface area contributed by atoms with E-state index in [1.807, 2.05) is 36.1 Å². The minimum absolute atomic E-state index is 0.0107. The second-order valence-corrected chi connectivity index (χ2v) is 9.62. The molecule has 2 amide bonds. The quantitative estimate of drug-likeness (QED) is 0.450. The number of carbonyl (C=O) groups is 2. The molecule has 1 aliphatic heterocycles. The van der Waals surface area contributed by atoms with Gasteiger partial charge in [-0.05, 0) is 85.9 Å². The van der Waals surface area contributed by atoms with E-state index in [2.05, 4.69) is 23.7 Å². The van der Waals surface area contributed by atoms with Gasteiger partial charge in [-0.25, -0.2) is 0 Å². The van der Waals surface area contributed by atoms with E-state index in [0.29, 0.717) is 23.1 Å². The third kappa shape index (κ3) is 5.13. The molecule has 0 aliphatic carbocycles. The van der Waals surface area contributed by atoms with Crippen molar-refractivity contribution in [2.45, 2.75) is 32.7 Å². The minimum Gasteiger partial charge on any atom is -0.497 e. The summed E-state index contributed by atoms with van der Waals surface area (Å²) in [5.41, 5.74) is 3.69. The van der Waals surface area contributed by atoms with Crippen LogP contribution in [0.3, 0.4) is 0 Å². The number of ether oxygens (including phenoxy) is 1. The molecule has 1 N–H and O–H groups in total. The van der Waals surface area contributed by atoms with Gasteiger partial charge in [-0.3, -0.25) is 14.5 Å². The number of nitrogens with one attached hydrogen (secondary N) is 1. The zero-order chi connectivity index (χ0) is 24.2. The molecule has 1 atom stereocenters. The SMILES string of the molecule is COc1ccc(NC(=O)CC2C(=O)N(c3ccc(C)cc3)C(=S)N2CCc2sccc2C)cc1. The van der Waals surface area contributed by atoms with Gasteiger partial charge in [-0.1, -0.05) is 17.7 Å². The van der Waals surface area contributed by atoms with Crippen LogP contribution < -0.4 is 15.0 Å². The van der Waals surface area contributed by atoms with E-state index < -0.39 is 6.04 Å². The first-order chi connectivity index (χ1) is 16.4. The first kappa shape index (κ1) is 23.9. The Morgan fingerprint density at radius 2 is 1.79 bits per heavy atom. The molecule has 8 heteroatoms. The van der Waals surface area contributed by atoms with E-state index in [9.17, 15) is 9.59 Å². The zero-order valence-corrected chi connectivity index (χ0v) is 21.0. The third-order valence-electron chi connectivity index (χ3n) is 5.91. The van der Waals surface area contributed by atoms with Crippen molar-refractivity contribution in [1.29, 1.82) is 0 Å². The van der Waals surface area contributed by atoms with Crippen LogP contribution in [0.1, 0.15) is 22.4 Å². The number of anilines is 2. The van der Waals surface area contributed by atoms with Crippen LogP contribution in [0.5, 0.6) is 5.75 Å². The topological polar surface area (TPSA) is 61.9 Å². The average Bonchev–Trinajstić information content (AvgIpc) is 3.33. The van der Waals surface area contributed by atoms with Crippen molar-refractivity contribution in [2.24, 2.45) is 0 Å². The molecule has 176 valence electrons. The summed E-state index contributed by atoms with van der Waals surface area (Å²) in [6, 6.07) is 16.2. The Morgan fingerprint density at radius 3 is 2.41 bits per heavy atom. The molecule has 2 heterocycles. The van der Waals surface area contributed by atoms with Crippen molar-refractivity contribution < 1.29 is 14.3 Å². The van der Waals surface area contributed by atoms with Crippen LogP contribution in [0.4, 0.5) is 11.4 Å². The van der Waals surface area contributed by atoms with Crippen molar-refractivity contribution >= 4 is 51.9 Å². The van der Waals surface area contributed by atoms with Crippen molar-refractivity contribution in [1.82, 2.24) is 4.90 Å². The highest BCUT2D eigenvalue weighted by Crippen LogP contribution is 2.29. The molecular weight excluding hydrogens is 466 g/mol. The summed E-state index contributed by atoms with van der Waals surface area (Å²) in [5, 5.41) is 5.39. The maximum Gasteiger partial charge on any atom is 0.256 e. The molecular formula is C26H27N3O3S2. The molecule has 0 radical (unpaired) electrons. The van der Waals surface area contributed by atoms with Crippen LogP contribution in [0.25, 0.3) is 0 Å². The van der Waals surface area contributed by atoms with Gasteiger partial charge in [-0.15, -0.1) is 11.3 Å².